The second-order valence-electron chi connectivity index (χ2n) is 5.35. The molecule has 2 unspecified atom stereocenters. The van der Waals surface area contributed by atoms with Crippen molar-refractivity contribution in [3.63, 3.8) is 0 Å². The van der Waals surface area contributed by atoms with Crippen molar-refractivity contribution in [1.82, 2.24) is 10.2 Å². The molecular weight excluding hydrogens is 216 g/mol. The third kappa shape index (κ3) is 5.55. The maximum atomic E-state index is 3.55. The number of nitrogens with zero attached hydrogens (tertiary/aromatic N) is 1. The van der Waals surface area contributed by atoms with Gasteiger partial charge in [-0.15, -0.1) is 0 Å². The van der Waals surface area contributed by atoms with Crippen LogP contribution in [-0.2, 0) is 0 Å². The van der Waals surface area contributed by atoms with Gasteiger partial charge in [-0.2, -0.15) is 11.8 Å². The molecule has 2 atom stereocenters. The Labute approximate surface area is 106 Å². The highest BCUT2D eigenvalue weighted by Gasteiger charge is 2.22. The smallest absolute Gasteiger partial charge is 0.00281 e. The lowest BCUT2D eigenvalue weighted by Crippen LogP contribution is -2.31. The fourth-order valence-electron chi connectivity index (χ4n) is 2.17. The van der Waals surface area contributed by atoms with Gasteiger partial charge in [0.1, 0.15) is 0 Å². The molecule has 0 aromatic rings. The fourth-order valence-corrected chi connectivity index (χ4v) is 2.51. The molecule has 96 valence electrons. The predicted molar refractivity (Wildman–Crippen MR) is 75.3 cm³/mol. The number of rotatable bonds is 7. The van der Waals surface area contributed by atoms with Gasteiger partial charge in [0.2, 0.25) is 0 Å². The van der Waals surface area contributed by atoms with E-state index in [4.69, 9.17) is 0 Å². The molecule has 0 bridgehead atoms. The van der Waals surface area contributed by atoms with Gasteiger partial charge in [0, 0.05) is 17.8 Å². The topological polar surface area (TPSA) is 15.3 Å². The Morgan fingerprint density at radius 2 is 2.12 bits per heavy atom. The lowest BCUT2D eigenvalue weighted by atomic mass is 10.1. The number of nitrogens with one attached hydrogen (secondary N) is 1. The van der Waals surface area contributed by atoms with E-state index in [2.05, 4.69) is 37.2 Å². The van der Waals surface area contributed by atoms with E-state index < -0.39 is 0 Å². The Balaban J connectivity index is 2.10. The highest BCUT2D eigenvalue weighted by molar-refractivity contribution is 7.99. The van der Waals surface area contributed by atoms with Crippen molar-refractivity contribution in [2.45, 2.75) is 44.9 Å². The highest BCUT2D eigenvalue weighted by Crippen LogP contribution is 2.18. The summed E-state index contributed by atoms with van der Waals surface area (Å²) >= 11 is 1.98. The van der Waals surface area contributed by atoms with Crippen molar-refractivity contribution < 1.29 is 0 Å². The maximum Gasteiger partial charge on any atom is 0.00281 e. The molecule has 1 fully saturated rings. The Hall–Kier alpha value is 0.270. The van der Waals surface area contributed by atoms with Crippen LogP contribution in [0, 0.1) is 5.92 Å². The number of thioether (sulfide) groups is 1. The lowest BCUT2D eigenvalue weighted by molar-refractivity contribution is 0.316. The Morgan fingerprint density at radius 3 is 2.75 bits per heavy atom. The molecule has 0 saturated carbocycles. The van der Waals surface area contributed by atoms with Gasteiger partial charge < -0.3 is 10.2 Å². The molecule has 0 aliphatic carbocycles. The standard InChI is InChI=1S/C13H28N2S/c1-11(2)14-9-13-6-8-15(10-13)7-5-12(3)16-4/h11-14H,5-10H2,1-4H3. The maximum absolute atomic E-state index is 3.55. The Bertz CT molecular complexity index is 185. The monoisotopic (exact) mass is 244 g/mol. The van der Waals surface area contributed by atoms with Crippen LogP contribution in [0.1, 0.15) is 33.6 Å². The summed E-state index contributed by atoms with van der Waals surface area (Å²) in [6, 6.07) is 0.630. The molecular formula is C13H28N2S. The normalized spacial score (nSPS) is 24.2. The van der Waals surface area contributed by atoms with E-state index in [0.717, 1.165) is 11.2 Å². The summed E-state index contributed by atoms with van der Waals surface area (Å²) in [5, 5.41) is 4.37. The average Bonchev–Trinajstić information content (AvgIpc) is 2.71. The molecule has 1 aliphatic rings. The van der Waals surface area contributed by atoms with Crippen molar-refractivity contribution in [2.75, 3.05) is 32.4 Å². The van der Waals surface area contributed by atoms with Crippen LogP contribution in [0.4, 0.5) is 0 Å². The first-order valence-corrected chi connectivity index (χ1v) is 7.89. The third-order valence-electron chi connectivity index (χ3n) is 3.44. The molecule has 1 rings (SSSR count). The molecule has 1 saturated heterocycles. The first kappa shape index (κ1) is 14.3. The fraction of sp³-hybridized carbons (Fsp3) is 1.00. The SMILES string of the molecule is CSC(C)CCN1CCC(CNC(C)C)C1. The molecule has 1 N–H and O–H groups in total. The second kappa shape index (κ2) is 7.57. The van der Waals surface area contributed by atoms with E-state index in [1.54, 1.807) is 0 Å². The molecule has 16 heavy (non-hydrogen) atoms. The van der Waals surface area contributed by atoms with Crippen LogP contribution >= 0.6 is 11.8 Å². The third-order valence-corrected chi connectivity index (χ3v) is 4.48. The van der Waals surface area contributed by atoms with E-state index in [1.807, 2.05) is 11.8 Å². The Kier molecular flexibility index (Phi) is 6.78. The molecule has 2 nitrogen and oxygen atoms in total. The van der Waals surface area contributed by atoms with Crippen LogP contribution in [0.5, 0.6) is 0 Å². The molecule has 0 aromatic heterocycles. The summed E-state index contributed by atoms with van der Waals surface area (Å²) in [5.74, 6) is 0.881. The number of hydrogen-bond donors (Lipinski definition) is 1. The molecule has 1 heterocycles. The summed E-state index contributed by atoms with van der Waals surface area (Å²) < 4.78 is 0. The molecule has 3 heteroatoms. The molecule has 0 amide bonds. The first-order valence-electron chi connectivity index (χ1n) is 6.60. The van der Waals surface area contributed by atoms with Gasteiger partial charge in [-0.25, -0.2) is 0 Å². The van der Waals surface area contributed by atoms with Crippen LogP contribution in [0.3, 0.4) is 0 Å². The van der Waals surface area contributed by atoms with Crippen molar-refractivity contribution >= 4 is 11.8 Å². The molecule has 0 aromatic carbocycles. The van der Waals surface area contributed by atoms with Crippen LogP contribution in [0.2, 0.25) is 0 Å². The first-order chi connectivity index (χ1) is 7.61. The molecule has 1 aliphatic heterocycles. The van der Waals surface area contributed by atoms with Crippen LogP contribution in [-0.4, -0.2) is 48.6 Å². The van der Waals surface area contributed by atoms with E-state index >= 15 is 0 Å². The predicted octanol–water partition coefficient (Wildman–Crippen LogP) is 2.45. The van der Waals surface area contributed by atoms with Gasteiger partial charge in [-0.1, -0.05) is 20.8 Å². The van der Waals surface area contributed by atoms with Crippen molar-refractivity contribution in [1.29, 1.82) is 0 Å². The lowest BCUT2D eigenvalue weighted by Gasteiger charge is -2.18. The van der Waals surface area contributed by atoms with E-state index in [9.17, 15) is 0 Å². The minimum Gasteiger partial charge on any atom is -0.314 e. The largest absolute Gasteiger partial charge is 0.314 e. The van der Waals surface area contributed by atoms with Crippen molar-refractivity contribution in [3.05, 3.63) is 0 Å². The van der Waals surface area contributed by atoms with Gasteiger partial charge in [-0.05, 0) is 44.6 Å². The number of likely N-dealkylation sites (tertiary alicyclic amines) is 1. The van der Waals surface area contributed by atoms with Crippen LogP contribution in [0.15, 0.2) is 0 Å². The average molecular weight is 244 g/mol. The zero-order valence-electron chi connectivity index (χ0n) is 11.3. The summed E-state index contributed by atoms with van der Waals surface area (Å²) in [5.41, 5.74) is 0. The Morgan fingerprint density at radius 1 is 1.38 bits per heavy atom. The number of hydrogen-bond acceptors (Lipinski definition) is 3. The summed E-state index contributed by atoms with van der Waals surface area (Å²) in [4.78, 5) is 2.64. The minimum atomic E-state index is 0.630. The molecule has 0 radical (unpaired) electrons. The van der Waals surface area contributed by atoms with E-state index in [0.29, 0.717) is 6.04 Å². The van der Waals surface area contributed by atoms with Gasteiger partial charge in [0.05, 0.1) is 0 Å². The van der Waals surface area contributed by atoms with Crippen LogP contribution < -0.4 is 5.32 Å². The second-order valence-corrected chi connectivity index (χ2v) is 6.63. The summed E-state index contributed by atoms with van der Waals surface area (Å²) in [7, 11) is 0. The van der Waals surface area contributed by atoms with Gasteiger partial charge in [0.15, 0.2) is 0 Å². The summed E-state index contributed by atoms with van der Waals surface area (Å²) in [6.45, 7) is 11.9. The molecule has 0 spiro atoms. The zero-order valence-corrected chi connectivity index (χ0v) is 12.1. The van der Waals surface area contributed by atoms with Gasteiger partial charge in [0.25, 0.3) is 0 Å². The van der Waals surface area contributed by atoms with E-state index in [1.165, 1.54) is 39.0 Å². The quantitative estimate of drug-likeness (QED) is 0.740. The zero-order chi connectivity index (χ0) is 12.0. The highest BCUT2D eigenvalue weighted by atomic mass is 32.2. The van der Waals surface area contributed by atoms with E-state index in [-0.39, 0.29) is 0 Å². The van der Waals surface area contributed by atoms with Crippen molar-refractivity contribution in [2.24, 2.45) is 5.92 Å². The van der Waals surface area contributed by atoms with Gasteiger partial charge in [-0.3, -0.25) is 0 Å². The van der Waals surface area contributed by atoms with Gasteiger partial charge >= 0.3 is 0 Å². The van der Waals surface area contributed by atoms with Crippen LogP contribution in [0.25, 0.3) is 0 Å². The van der Waals surface area contributed by atoms with Crippen molar-refractivity contribution in [3.8, 4) is 0 Å². The minimum absolute atomic E-state index is 0.630. The summed E-state index contributed by atoms with van der Waals surface area (Å²) in [6.07, 6.45) is 4.93.